The summed E-state index contributed by atoms with van der Waals surface area (Å²) in [5.41, 5.74) is -8.78. The Kier molecular flexibility index (Phi) is 11.4. The van der Waals surface area contributed by atoms with Crippen molar-refractivity contribution in [2.45, 2.75) is 122 Å². The molecule has 3 aliphatic carbocycles. The topological polar surface area (TPSA) is 215 Å². The fraction of sp³-hybridized carbons (Fsp3) is 0.605. The number of carbonyl (C=O) groups excluding carboxylic acids is 7. The van der Waals surface area contributed by atoms with E-state index in [9.17, 15) is 43.8 Å². The largest absolute Gasteiger partial charge is 0.459 e. The Morgan fingerprint density at radius 2 is 1.25 bits per heavy atom. The SMILES string of the molecule is C=C1[C@H](OC(C)=O)[C@@H](OC(=O)c2ccccc2)[C@@H](OC(C)=O)C(C)(C)[C@@H]2C[C@](O)([C@@H](C)C2=O)[C@]2(OC(C)=O)C[C@@](C)(O)[C@H](OC(C)=O)[C@@H]2[C@H]1OC(C)=O. The van der Waals surface area contributed by atoms with Crippen molar-refractivity contribution in [3.05, 3.63) is 48.0 Å². The predicted octanol–water partition coefficient (Wildman–Crippen LogP) is 2.56. The van der Waals surface area contributed by atoms with Crippen molar-refractivity contribution in [3.63, 3.8) is 0 Å². The molecule has 0 unspecified atom stereocenters. The van der Waals surface area contributed by atoms with E-state index < -0.39 is 125 Å². The lowest BCUT2D eigenvalue weighted by Gasteiger charge is -2.49. The Morgan fingerprint density at radius 1 is 0.736 bits per heavy atom. The number of rotatable bonds is 7. The highest BCUT2D eigenvalue weighted by Crippen LogP contribution is 2.62. The van der Waals surface area contributed by atoms with Crippen LogP contribution in [0.2, 0.25) is 0 Å². The highest BCUT2D eigenvalue weighted by Gasteiger charge is 2.78. The molecule has 2 bridgehead atoms. The Bertz CT molecular complexity index is 1680. The van der Waals surface area contributed by atoms with E-state index >= 15 is 0 Å². The molecular weight excluding hydrogens is 696 g/mol. The zero-order chi connectivity index (χ0) is 40.0. The molecule has 0 spiro atoms. The third kappa shape index (κ3) is 7.45. The second-order valence-electron chi connectivity index (χ2n) is 15.1. The van der Waals surface area contributed by atoms with Crippen LogP contribution >= 0.6 is 0 Å². The monoisotopic (exact) mass is 744 g/mol. The molecule has 1 aromatic carbocycles. The highest BCUT2D eigenvalue weighted by atomic mass is 16.6. The minimum absolute atomic E-state index is 0.0421. The average molecular weight is 745 g/mol. The van der Waals surface area contributed by atoms with E-state index in [1.54, 1.807) is 18.2 Å². The molecule has 1 aromatic rings. The molecule has 0 aromatic heterocycles. The summed E-state index contributed by atoms with van der Waals surface area (Å²) in [5.74, 6) is -10.6. The summed E-state index contributed by atoms with van der Waals surface area (Å²) in [5, 5.41) is 25.1. The summed E-state index contributed by atoms with van der Waals surface area (Å²) in [6.45, 7) is 15.1. The van der Waals surface area contributed by atoms with Gasteiger partial charge in [-0.2, -0.15) is 0 Å². The van der Waals surface area contributed by atoms with Crippen LogP contribution in [0.15, 0.2) is 42.5 Å². The van der Waals surface area contributed by atoms with Gasteiger partial charge in [0.1, 0.15) is 35.3 Å². The van der Waals surface area contributed by atoms with Crippen LogP contribution in [0.1, 0.15) is 85.5 Å². The fourth-order valence-corrected chi connectivity index (χ4v) is 8.67. The summed E-state index contributed by atoms with van der Waals surface area (Å²) in [7, 11) is 0. The lowest BCUT2D eigenvalue weighted by atomic mass is 9.66. The van der Waals surface area contributed by atoms with Gasteiger partial charge in [-0.15, -0.1) is 0 Å². The van der Waals surface area contributed by atoms with Gasteiger partial charge in [-0.25, -0.2) is 4.79 Å². The van der Waals surface area contributed by atoms with Crippen molar-refractivity contribution >= 4 is 41.6 Å². The number of hydrogen-bond donors (Lipinski definition) is 2. The van der Waals surface area contributed by atoms with Crippen LogP contribution in [0.25, 0.3) is 0 Å². The van der Waals surface area contributed by atoms with Gasteiger partial charge in [0.15, 0.2) is 17.8 Å². The smallest absolute Gasteiger partial charge is 0.338 e. The minimum atomic E-state index is -2.39. The van der Waals surface area contributed by atoms with Crippen LogP contribution in [0.5, 0.6) is 0 Å². The molecule has 3 fully saturated rings. The number of fused-ring (bicyclic) bond motifs is 4. The number of Topliss-reactive ketones (excluding diaryl/α,β-unsaturated/α-hetero) is 1. The highest BCUT2D eigenvalue weighted by molar-refractivity contribution is 5.90. The molecule has 3 saturated carbocycles. The minimum Gasteiger partial charge on any atom is -0.459 e. The Morgan fingerprint density at radius 3 is 1.75 bits per heavy atom. The van der Waals surface area contributed by atoms with Gasteiger partial charge in [0.2, 0.25) is 0 Å². The lowest BCUT2D eigenvalue weighted by Crippen LogP contribution is -2.65. The number of hydrogen-bond acceptors (Lipinski definition) is 15. The number of carbonyl (C=O) groups is 7. The van der Waals surface area contributed by atoms with Crippen LogP contribution in [-0.4, -0.2) is 99.1 Å². The quantitative estimate of drug-likeness (QED) is 0.233. The molecule has 0 saturated heterocycles. The van der Waals surface area contributed by atoms with Crippen molar-refractivity contribution in [1.82, 2.24) is 0 Å². The second kappa shape index (κ2) is 14.7. The van der Waals surface area contributed by atoms with Gasteiger partial charge in [0.25, 0.3) is 0 Å². The van der Waals surface area contributed by atoms with E-state index in [0.29, 0.717) is 0 Å². The van der Waals surface area contributed by atoms with E-state index in [0.717, 1.165) is 34.6 Å². The first-order valence-electron chi connectivity index (χ1n) is 17.2. The van der Waals surface area contributed by atoms with Gasteiger partial charge in [0, 0.05) is 63.9 Å². The van der Waals surface area contributed by atoms with Gasteiger partial charge in [0.05, 0.1) is 11.5 Å². The molecule has 53 heavy (non-hydrogen) atoms. The molecule has 0 radical (unpaired) electrons. The van der Waals surface area contributed by atoms with Crippen LogP contribution < -0.4 is 0 Å². The molecule has 0 aliphatic heterocycles. The predicted molar refractivity (Wildman–Crippen MR) is 181 cm³/mol. The standard InChI is InChI=1S/C38H48O15/c1-18-29(48-20(3)39)27-32(50-22(5)41)36(10,46)17-38(27,53-24(7)43)37(47)16-26(28(44)19(37)2)35(8,9)33(51-23(6)42)31(30(18)49-21(4)40)52-34(45)25-14-12-11-13-15-25/h11-15,19,26-27,29-33,46-47H,1,16-17H2,2-10H3/t19-,26+,27-,29-,30-,31+,32+,33+,36+,37-,38-/m0/s1. The number of ether oxygens (including phenoxy) is 6. The summed E-state index contributed by atoms with van der Waals surface area (Å²) in [6, 6.07) is 7.67. The maximum absolute atomic E-state index is 14.5. The fourth-order valence-electron chi connectivity index (χ4n) is 8.67. The molecule has 15 heteroatoms. The molecule has 2 N–H and O–H groups in total. The van der Waals surface area contributed by atoms with Gasteiger partial charge >= 0.3 is 35.8 Å². The third-order valence-corrected chi connectivity index (χ3v) is 10.9. The summed E-state index contributed by atoms with van der Waals surface area (Å²) < 4.78 is 35.4. The van der Waals surface area contributed by atoms with E-state index in [2.05, 4.69) is 6.58 Å². The maximum Gasteiger partial charge on any atom is 0.338 e. The van der Waals surface area contributed by atoms with Crippen molar-refractivity contribution in [3.8, 4) is 0 Å². The normalized spacial score (nSPS) is 36.2. The third-order valence-electron chi connectivity index (χ3n) is 10.9. The van der Waals surface area contributed by atoms with Crippen molar-refractivity contribution < 1.29 is 72.2 Å². The Labute approximate surface area is 307 Å². The summed E-state index contributed by atoms with van der Waals surface area (Å²) in [4.78, 5) is 93.0. The number of ketones is 1. The lowest BCUT2D eigenvalue weighted by molar-refractivity contribution is -0.233. The van der Waals surface area contributed by atoms with Gasteiger partial charge in [-0.3, -0.25) is 28.8 Å². The van der Waals surface area contributed by atoms with Crippen LogP contribution in [0.4, 0.5) is 0 Å². The molecule has 0 heterocycles. The van der Waals surface area contributed by atoms with Crippen molar-refractivity contribution in [2.24, 2.45) is 23.2 Å². The Balaban J connectivity index is 2.19. The number of benzene rings is 1. The van der Waals surface area contributed by atoms with Gasteiger partial charge in [-0.05, 0) is 25.5 Å². The molecule has 3 aliphatic rings. The van der Waals surface area contributed by atoms with E-state index in [4.69, 9.17) is 28.4 Å². The maximum atomic E-state index is 14.5. The first kappa shape index (κ1) is 41.1. The molecule has 290 valence electrons. The first-order chi connectivity index (χ1) is 24.4. The summed E-state index contributed by atoms with van der Waals surface area (Å²) >= 11 is 0. The molecule has 0 amide bonds. The molecular formula is C38H48O15. The molecule has 11 atom stereocenters. The average Bonchev–Trinajstić information content (AvgIpc) is 3.41. The first-order valence-corrected chi connectivity index (χ1v) is 17.2. The van der Waals surface area contributed by atoms with Gasteiger partial charge in [-0.1, -0.05) is 45.5 Å². The number of esters is 6. The van der Waals surface area contributed by atoms with E-state index in [-0.39, 0.29) is 11.1 Å². The molecule has 4 rings (SSSR count). The van der Waals surface area contributed by atoms with E-state index in [1.165, 1.54) is 39.8 Å². The van der Waals surface area contributed by atoms with Crippen LogP contribution in [-0.2, 0) is 57.2 Å². The van der Waals surface area contributed by atoms with Gasteiger partial charge < -0.3 is 38.6 Å². The second-order valence-corrected chi connectivity index (χ2v) is 15.1. The van der Waals surface area contributed by atoms with Crippen LogP contribution in [0, 0.1) is 23.2 Å². The number of aliphatic hydroxyl groups is 2. The van der Waals surface area contributed by atoms with Crippen molar-refractivity contribution in [2.75, 3.05) is 0 Å². The zero-order valence-corrected chi connectivity index (χ0v) is 31.3. The Hall–Kier alpha value is -4.63. The van der Waals surface area contributed by atoms with Crippen molar-refractivity contribution in [1.29, 1.82) is 0 Å². The van der Waals surface area contributed by atoms with Crippen LogP contribution in [0.3, 0.4) is 0 Å². The summed E-state index contributed by atoms with van der Waals surface area (Å²) in [6.07, 6.45) is -10.0. The molecule has 15 nitrogen and oxygen atoms in total. The zero-order valence-electron chi connectivity index (χ0n) is 31.3. The van der Waals surface area contributed by atoms with E-state index in [1.807, 2.05) is 0 Å².